The average Bonchev–Trinajstić information content (AvgIpc) is 2.77. The molecule has 0 aliphatic heterocycles. The van der Waals surface area contributed by atoms with Gasteiger partial charge in [-0.1, -0.05) is 44.4 Å². The lowest BCUT2D eigenvalue weighted by molar-refractivity contribution is 0.380. The lowest BCUT2D eigenvalue weighted by Gasteiger charge is -2.27. The number of hydrogen-bond acceptors (Lipinski definition) is 2. The molecule has 0 bridgehead atoms. The topological polar surface area (TPSA) is 24.9 Å². The molecule has 0 amide bonds. The fraction of sp³-hybridized carbons (Fsp3) is 0.526. The van der Waals surface area contributed by atoms with Crippen LogP contribution in [0.2, 0.25) is 0 Å². The molecular formula is C19H26N2. The number of rotatable bonds is 4. The van der Waals surface area contributed by atoms with Crippen LogP contribution in [0.1, 0.15) is 50.5 Å². The van der Waals surface area contributed by atoms with E-state index in [4.69, 9.17) is 0 Å². The predicted molar refractivity (Wildman–Crippen MR) is 89.6 cm³/mol. The van der Waals surface area contributed by atoms with Gasteiger partial charge in [-0.2, -0.15) is 0 Å². The Kier molecular flexibility index (Phi) is 4.87. The Morgan fingerprint density at radius 1 is 1.14 bits per heavy atom. The molecule has 2 nitrogen and oxygen atoms in total. The molecule has 1 N–H and O–H groups in total. The van der Waals surface area contributed by atoms with Crippen LogP contribution in [-0.4, -0.2) is 18.1 Å². The normalized spacial score (nSPS) is 23.1. The van der Waals surface area contributed by atoms with Gasteiger partial charge in [-0.25, -0.2) is 0 Å². The van der Waals surface area contributed by atoms with Crippen molar-refractivity contribution < 1.29 is 0 Å². The number of fused-ring (bicyclic) bond motifs is 1. The summed E-state index contributed by atoms with van der Waals surface area (Å²) in [7, 11) is 0. The first kappa shape index (κ1) is 14.5. The summed E-state index contributed by atoms with van der Waals surface area (Å²) >= 11 is 0. The summed E-state index contributed by atoms with van der Waals surface area (Å²) in [5.41, 5.74) is 1.54. The van der Waals surface area contributed by atoms with Crippen molar-refractivity contribution in [3.05, 3.63) is 42.2 Å². The monoisotopic (exact) mass is 282 g/mol. The Bertz CT molecular complexity index is 573. The van der Waals surface area contributed by atoms with Gasteiger partial charge in [0.25, 0.3) is 0 Å². The van der Waals surface area contributed by atoms with Gasteiger partial charge in [-0.3, -0.25) is 4.98 Å². The third-order valence-electron chi connectivity index (χ3n) is 4.93. The van der Waals surface area contributed by atoms with E-state index in [0.717, 1.165) is 19.0 Å². The SMILES string of the molecule is CCNCC1CCCCCC1c1cccc2cnccc12. The summed E-state index contributed by atoms with van der Waals surface area (Å²) in [6.45, 7) is 4.43. The van der Waals surface area contributed by atoms with Crippen molar-refractivity contribution in [1.29, 1.82) is 0 Å². The van der Waals surface area contributed by atoms with E-state index >= 15 is 0 Å². The molecule has 1 aliphatic rings. The number of nitrogens with zero attached hydrogens (tertiary/aromatic N) is 1. The van der Waals surface area contributed by atoms with Crippen LogP contribution in [0.3, 0.4) is 0 Å². The second-order valence-corrected chi connectivity index (χ2v) is 6.26. The number of hydrogen-bond donors (Lipinski definition) is 1. The zero-order valence-electron chi connectivity index (χ0n) is 13.0. The Balaban J connectivity index is 1.96. The molecule has 1 aromatic heterocycles. The quantitative estimate of drug-likeness (QED) is 0.835. The first-order valence-corrected chi connectivity index (χ1v) is 8.43. The summed E-state index contributed by atoms with van der Waals surface area (Å²) < 4.78 is 0. The van der Waals surface area contributed by atoms with Gasteiger partial charge in [0.15, 0.2) is 0 Å². The minimum atomic E-state index is 0.692. The Hall–Kier alpha value is -1.41. The fourth-order valence-corrected chi connectivity index (χ4v) is 3.84. The van der Waals surface area contributed by atoms with Crippen LogP contribution in [-0.2, 0) is 0 Å². The molecule has 21 heavy (non-hydrogen) atoms. The zero-order valence-corrected chi connectivity index (χ0v) is 13.0. The number of pyridine rings is 1. The van der Waals surface area contributed by atoms with Crippen LogP contribution in [0.25, 0.3) is 10.8 Å². The summed E-state index contributed by atoms with van der Waals surface area (Å²) in [6.07, 6.45) is 10.8. The summed E-state index contributed by atoms with van der Waals surface area (Å²) in [5.74, 6) is 1.46. The summed E-state index contributed by atoms with van der Waals surface area (Å²) in [6, 6.07) is 8.92. The van der Waals surface area contributed by atoms with Crippen LogP contribution >= 0.6 is 0 Å². The van der Waals surface area contributed by atoms with E-state index in [9.17, 15) is 0 Å². The van der Waals surface area contributed by atoms with E-state index in [0.29, 0.717) is 5.92 Å². The predicted octanol–water partition coefficient (Wildman–Crippen LogP) is 4.51. The fourth-order valence-electron chi connectivity index (χ4n) is 3.84. The van der Waals surface area contributed by atoms with E-state index in [1.807, 2.05) is 12.4 Å². The summed E-state index contributed by atoms with van der Waals surface area (Å²) in [5, 5.41) is 6.26. The van der Waals surface area contributed by atoms with Crippen molar-refractivity contribution in [3.63, 3.8) is 0 Å². The first-order valence-electron chi connectivity index (χ1n) is 8.43. The van der Waals surface area contributed by atoms with Crippen molar-refractivity contribution in [2.24, 2.45) is 5.92 Å². The van der Waals surface area contributed by atoms with Crippen molar-refractivity contribution in [2.45, 2.75) is 44.9 Å². The van der Waals surface area contributed by atoms with E-state index in [1.165, 1.54) is 42.9 Å². The highest BCUT2D eigenvalue weighted by Crippen LogP contribution is 2.39. The van der Waals surface area contributed by atoms with E-state index in [2.05, 4.69) is 41.5 Å². The smallest absolute Gasteiger partial charge is 0.0346 e. The lowest BCUT2D eigenvalue weighted by atomic mass is 9.80. The average molecular weight is 282 g/mol. The van der Waals surface area contributed by atoms with Gasteiger partial charge in [-0.15, -0.1) is 0 Å². The molecule has 1 heterocycles. The number of nitrogens with one attached hydrogen (secondary N) is 1. The molecule has 2 unspecified atom stereocenters. The van der Waals surface area contributed by atoms with Crippen molar-refractivity contribution in [2.75, 3.05) is 13.1 Å². The largest absolute Gasteiger partial charge is 0.317 e. The van der Waals surface area contributed by atoms with Gasteiger partial charge in [0.05, 0.1) is 0 Å². The van der Waals surface area contributed by atoms with Crippen LogP contribution in [0.5, 0.6) is 0 Å². The molecule has 1 fully saturated rings. The molecule has 112 valence electrons. The molecule has 1 aliphatic carbocycles. The summed E-state index contributed by atoms with van der Waals surface area (Å²) in [4.78, 5) is 4.27. The van der Waals surface area contributed by atoms with Crippen LogP contribution < -0.4 is 5.32 Å². The van der Waals surface area contributed by atoms with Gasteiger partial charge < -0.3 is 5.32 Å². The first-order chi connectivity index (χ1) is 10.4. The third kappa shape index (κ3) is 3.26. The molecule has 1 aromatic carbocycles. The molecule has 2 atom stereocenters. The van der Waals surface area contributed by atoms with Crippen molar-refractivity contribution >= 4 is 10.8 Å². The zero-order chi connectivity index (χ0) is 14.5. The van der Waals surface area contributed by atoms with Crippen LogP contribution in [0.15, 0.2) is 36.7 Å². The highest BCUT2D eigenvalue weighted by Gasteiger charge is 2.25. The number of benzene rings is 1. The Labute approximate surface area is 128 Å². The lowest BCUT2D eigenvalue weighted by Crippen LogP contribution is -2.26. The van der Waals surface area contributed by atoms with Crippen molar-refractivity contribution in [3.8, 4) is 0 Å². The van der Waals surface area contributed by atoms with Crippen molar-refractivity contribution in [1.82, 2.24) is 10.3 Å². The maximum absolute atomic E-state index is 4.27. The molecule has 0 radical (unpaired) electrons. The number of aromatic nitrogens is 1. The third-order valence-corrected chi connectivity index (χ3v) is 4.93. The van der Waals surface area contributed by atoms with Gasteiger partial charge in [-0.05, 0) is 54.8 Å². The molecular weight excluding hydrogens is 256 g/mol. The molecule has 0 spiro atoms. The van der Waals surface area contributed by atoms with Gasteiger partial charge in [0.1, 0.15) is 0 Å². The van der Waals surface area contributed by atoms with Gasteiger partial charge in [0, 0.05) is 17.8 Å². The molecule has 2 aromatic rings. The highest BCUT2D eigenvalue weighted by atomic mass is 14.8. The molecule has 0 saturated heterocycles. The molecule has 3 rings (SSSR count). The highest BCUT2D eigenvalue weighted by molar-refractivity contribution is 5.85. The van der Waals surface area contributed by atoms with Gasteiger partial charge >= 0.3 is 0 Å². The second-order valence-electron chi connectivity index (χ2n) is 6.26. The van der Waals surface area contributed by atoms with Crippen LogP contribution in [0, 0.1) is 5.92 Å². The van der Waals surface area contributed by atoms with Crippen LogP contribution in [0.4, 0.5) is 0 Å². The molecule has 2 heteroatoms. The second kappa shape index (κ2) is 7.04. The van der Waals surface area contributed by atoms with Gasteiger partial charge in [0.2, 0.25) is 0 Å². The standard InChI is InChI=1S/C19H26N2/c1-2-20-13-15-7-4-3-5-9-17(15)19-10-6-8-16-14-21-12-11-18(16)19/h6,8,10-12,14-15,17,20H,2-5,7,9,13H2,1H3. The Morgan fingerprint density at radius 3 is 2.95 bits per heavy atom. The minimum absolute atomic E-state index is 0.692. The minimum Gasteiger partial charge on any atom is -0.317 e. The van der Waals surface area contributed by atoms with E-state index in [-0.39, 0.29) is 0 Å². The van der Waals surface area contributed by atoms with E-state index < -0.39 is 0 Å². The Morgan fingerprint density at radius 2 is 2.05 bits per heavy atom. The van der Waals surface area contributed by atoms with E-state index in [1.54, 1.807) is 5.56 Å². The molecule has 1 saturated carbocycles. The maximum Gasteiger partial charge on any atom is 0.0346 e. The maximum atomic E-state index is 4.27.